The Bertz CT molecular complexity index is 306. The van der Waals surface area contributed by atoms with Gasteiger partial charge in [0, 0.05) is 0 Å². The Kier molecular flexibility index (Phi) is 96.3. The number of carboxylic acid groups (broad SMARTS) is 1. The van der Waals surface area contributed by atoms with Crippen LogP contribution in [0.25, 0.3) is 0 Å². The van der Waals surface area contributed by atoms with Crippen LogP contribution in [0.1, 0.15) is 6.42 Å². The zero-order chi connectivity index (χ0) is 35.4. The van der Waals surface area contributed by atoms with Crippen molar-refractivity contribution in [3.05, 3.63) is 0 Å². The Morgan fingerprint density at radius 3 is 0.450 bits per heavy atom. The molecule has 1 N–H and O–H groups in total. The summed E-state index contributed by atoms with van der Waals surface area (Å²) in [5.74, 6) is -1.12. The van der Waals surface area contributed by atoms with Gasteiger partial charge in [0.25, 0.3) is 0 Å². The topological polar surface area (TPSA) is 37.3 Å². The molecule has 0 aromatic heterocycles. The lowest BCUT2D eigenvalue weighted by Gasteiger charge is -2.03. The molecular formula is C11H11Cl27O2. The monoisotopic (exact) mass is 1120 g/mol. The average Bonchev–Trinajstić information content (AvgIpc) is 2.47. The van der Waals surface area contributed by atoms with Crippen molar-refractivity contribution in [2.75, 3.05) is 0 Å². The van der Waals surface area contributed by atoms with Gasteiger partial charge in [-0.25, -0.2) is 0 Å². The Balaban J connectivity index is -0.0000000392. The first-order valence-corrected chi connectivity index (χ1v) is 18.5. The number of alkyl halides is 27. The van der Waals surface area contributed by atoms with E-state index in [1.165, 1.54) is 0 Å². The van der Waals surface area contributed by atoms with Crippen molar-refractivity contribution in [3.63, 3.8) is 0 Å². The van der Waals surface area contributed by atoms with E-state index in [0.717, 1.165) is 0 Å². The number of aliphatic carboxylic acids is 1. The number of halogens is 27. The lowest BCUT2D eigenvalue weighted by atomic mass is 10.5. The van der Waals surface area contributed by atoms with Crippen molar-refractivity contribution in [2.24, 2.45) is 0 Å². The standard InChI is InChI=1S/C3H3Cl3O2.8CHCl3/c4-3(5,6)1-2(7)8;8*2-1(3)4/h1H2,(H,7,8);8*1H. The molecule has 40 heavy (non-hydrogen) atoms. The summed E-state index contributed by atoms with van der Waals surface area (Å²) in [5.41, 5.74) is 0. The van der Waals surface area contributed by atoms with E-state index in [1.807, 2.05) is 0 Å². The van der Waals surface area contributed by atoms with Crippen molar-refractivity contribution in [1.82, 2.24) is 0 Å². The van der Waals surface area contributed by atoms with Crippen LogP contribution in [0.3, 0.4) is 0 Å². The van der Waals surface area contributed by atoms with E-state index in [2.05, 4.69) is 0 Å². The molecule has 0 unspecified atom stereocenters. The lowest BCUT2D eigenvalue weighted by Crippen LogP contribution is -2.09. The van der Waals surface area contributed by atoms with Crippen molar-refractivity contribution < 1.29 is 9.90 Å². The maximum absolute atomic E-state index is 9.76. The third-order valence-electron chi connectivity index (χ3n) is 0.352. The minimum absolute atomic E-state index is 0.461. The van der Waals surface area contributed by atoms with Gasteiger partial charge < -0.3 is 5.11 Å². The fourth-order valence-corrected chi connectivity index (χ4v) is 0.514. The van der Waals surface area contributed by atoms with Crippen molar-refractivity contribution in [1.29, 1.82) is 0 Å². The number of rotatable bonds is 1. The smallest absolute Gasteiger partial charge is 0.307 e. The molecule has 0 aliphatic carbocycles. The van der Waals surface area contributed by atoms with Gasteiger partial charge >= 0.3 is 5.97 Å². The molecule has 0 rings (SSSR count). The molecule has 0 radical (unpaired) electrons. The minimum atomic E-state index is -1.66. The lowest BCUT2D eigenvalue weighted by molar-refractivity contribution is -0.136. The first-order chi connectivity index (χ1) is 17.3. The Morgan fingerprint density at radius 1 is 0.375 bits per heavy atom. The molecule has 256 valence electrons. The quantitative estimate of drug-likeness (QED) is 0.266. The SMILES string of the molecule is ClC(Cl)Cl.ClC(Cl)Cl.ClC(Cl)Cl.ClC(Cl)Cl.ClC(Cl)Cl.ClC(Cl)Cl.ClC(Cl)Cl.ClC(Cl)Cl.O=C(O)CC(Cl)(Cl)Cl. The van der Waals surface area contributed by atoms with Gasteiger partial charge in [-0.15, -0.1) is 0 Å². The van der Waals surface area contributed by atoms with E-state index in [1.54, 1.807) is 0 Å². The maximum Gasteiger partial charge on any atom is 0.307 e. The molecule has 0 saturated heterocycles. The summed E-state index contributed by atoms with van der Waals surface area (Å²) in [6.07, 6.45) is -0.461. The largest absolute Gasteiger partial charge is 0.481 e. The molecular weight excluding hydrogens is 1120 g/mol. The first-order valence-electron chi connectivity index (χ1n) is 6.94. The molecule has 0 aromatic rings. The summed E-state index contributed by atoms with van der Waals surface area (Å²) in [6.45, 7) is 0. The zero-order valence-electron chi connectivity index (χ0n) is 17.4. The van der Waals surface area contributed by atoms with Crippen LogP contribution in [-0.4, -0.2) is 49.2 Å². The van der Waals surface area contributed by atoms with Crippen LogP contribution in [0.2, 0.25) is 0 Å². The Morgan fingerprint density at radius 2 is 0.450 bits per heavy atom. The van der Waals surface area contributed by atoms with Crippen molar-refractivity contribution in [3.8, 4) is 0 Å². The second-order valence-corrected chi connectivity index (χ2v) is 21.5. The van der Waals surface area contributed by atoms with Crippen LogP contribution in [-0.2, 0) is 4.79 Å². The first kappa shape index (κ1) is 69.1. The summed E-state index contributed by atoms with van der Waals surface area (Å²) < 4.78 is -7.66. The van der Waals surface area contributed by atoms with Gasteiger partial charge in [-0.05, 0) is 0 Å². The summed E-state index contributed by atoms with van der Waals surface area (Å²) >= 11 is 131. The van der Waals surface area contributed by atoms with E-state index in [4.69, 9.17) is 318 Å². The number of carboxylic acids is 1. The normalized spacial score (nSPS) is 9.47. The highest BCUT2D eigenvalue weighted by Gasteiger charge is 2.23. The second kappa shape index (κ2) is 55.7. The Labute approximate surface area is 368 Å². The van der Waals surface area contributed by atoms with Gasteiger partial charge in [0.2, 0.25) is 3.79 Å². The average molecular weight is 1130 g/mol. The zero-order valence-corrected chi connectivity index (χ0v) is 37.8. The Hall–Kier alpha value is 7.30. The summed E-state index contributed by atoms with van der Waals surface area (Å²) in [7, 11) is 0. The number of hydrogen-bond acceptors (Lipinski definition) is 1. The minimum Gasteiger partial charge on any atom is -0.481 e. The highest BCUT2D eigenvalue weighted by molar-refractivity contribution is 6.68. The fourth-order valence-electron chi connectivity index (χ4n) is 0.171. The molecule has 0 spiro atoms. The van der Waals surface area contributed by atoms with E-state index in [-0.39, 0.29) is 0 Å². The molecule has 29 heteroatoms. The van der Waals surface area contributed by atoms with E-state index >= 15 is 0 Å². The third-order valence-corrected chi connectivity index (χ3v) is 0.753. The van der Waals surface area contributed by atoms with Crippen LogP contribution in [0.15, 0.2) is 0 Å². The molecule has 0 fully saturated rings. The highest BCUT2D eigenvalue weighted by Crippen LogP contribution is 2.29. The van der Waals surface area contributed by atoms with Crippen molar-refractivity contribution in [2.45, 2.75) is 44.6 Å². The molecule has 0 bridgehead atoms. The van der Waals surface area contributed by atoms with E-state index in [9.17, 15) is 4.79 Å². The molecule has 0 heterocycles. The van der Waals surface area contributed by atoms with Crippen molar-refractivity contribution >= 4 is 319 Å². The van der Waals surface area contributed by atoms with Crippen LogP contribution < -0.4 is 0 Å². The van der Waals surface area contributed by atoms with Gasteiger partial charge in [0.1, 0.15) is 0 Å². The molecule has 0 saturated carbocycles. The maximum atomic E-state index is 9.76. The number of carbonyl (C=O) groups is 1. The van der Waals surface area contributed by atoms with Gasteiger partial charge in [-0.3, -0.25) is 4.79 Å². The predicted octanol–water partition coefficient (Wildman–Crippen LogP) is 17.7. The van der Waals surface area contributed by atoms with Gasteiger partial charge in [0.15, 0.2) is 34.4 Å². The van der Waals surface area contributed by atoms with Crippen LogP contribution >= 0.6 is 313 Å². The highest BCUT2D eigenvalue weighted by atomic mass is 35.6. The third kappa shape index (κ3) is 588. The van der Waals surface area contributed by atoms with E-state index in [0.29, 0.717) is 0 Å². The second-order valence-electron chi connectivity index (χ2n) is 3.17. The molecule has 2 nitrogen and oxygen atoms in total. The van der Waals surface area contributed by atoms with E-state index < -0.39 is 50.5 Å². The summed E-state index contributed by atoms with van der Waals surface area (Å²) in [5, 5.41) is 8.00. The fraction of sp³-hybridized carbons (Fsp3) is 0.909. The number of hydrogen-bond donors (Lipinski definition) is 1. The predicted molar refractivity (Wildman–Crippen MR) is 203 cm³/mol. The van der Waals surface area contributed by atoms with Crippen LogP contribution in [0.4, 0.5) is 0 Å². The van der Waals surface area contributed by atoms with Crippen LogP contribution in [0.5, 0.6) is 0 Å². The van der Waals surface area contributed by atoms with Crippen LogP contribution in [0, 0.1) is 0 Å². The summed E-state index contributed by atoms with van der Waals surface area (Å²) in [6, 6.07) is 0. The molecule has 0 amide bonds. The van der Waals surface area contributed by atoms with Gasteiger partial charge in [-0.2, -0.15) is 0 Å². The molecule has 0 aliphatic heterocycles. The molecule has 0 atom stereocenters. The molecule has 0 aromatic carbocycles. The van der Waals surface area contributed by atoms with Gasteiger partial charge in [0.05, 0.1) is 6.42 Å². The van der Waals surface area contributed by atoms with Gasteiger partial charge in [-0.1, -0.05) is 313 Å². The summed E-state index contributed by atoms with van der Waals surface area (Å²) in [4.78, 5) is 9.76. The molecule has 0 aliphatic rings.